The normalized spacial score (nSPS) is 12.4. The summed E-state index contributed by atoms with van der Waals surface area (Å²) < 4.78 is 5.24. The van der Waals surface area contributed by atoms with Crippen molar-refractivity contribution < 1.29 is 4.74 Å². The minimum absolute atomic E-state index is 0.169. The van der Waals surface area contributed by atoms with Crippen LogP contribution in [0.4, 0.5) is 0 Å². The lowest BCUT2D eigenvalue weighted by atomic mass is 10.1. The van der Waals surface area contributed by atoms with Crippen LogP contribution < -0.4 is 10.1 Å². The lowest BCUT2D eigenvalue weighted by Gasteiger charge is -2.17. The Balaban J connectivity index is 2.33. The predicted octanol–water partition coefficient (Wildman–Crippen LogP) is 4.11. The van der Waals surface area contributed by atoms with Crippen molar-refractivity contribution in [2.45, 2.75) is 13.0 Å². The third kappa shape index (κ3) is 3.05. The van der Waals surface area contributed by atoms with E-state index in [9.17, 15) is 0 Å². The first-order valence-electron chi connectivity index (χ1n) is 5.86. The van der Waals surface area contributed by atoms with Crippen molar-refractivity contribution in [2.75, 3.05) is 13.7 Å². The third-order valence-corrected chi connectivity index (χ3v) is 3.92. The topological polar surface area (TPSA) is 21.3 Å². The van der Waals surface area contributed by atoms with Gasteiger partial charge in [-0.25, -0.2) is 0 Å². The molecule has 1 aromatic carbocycles. The molecule has 1 atom stereocenters. The Bertz CT molecular complexity index is 512. The first kappa shape index (κ1) is 13.4. The fourth-order valence-electron chi connectivity index (χ4n) is 1.87. The number of hydrogen-bond acceptors (Lipinski definition) is 3. The van der Waals surface area contributed by atoms with Crippen molar-refractivity contribution in [3.63, 3.8) is 0 Å². The molecule has 0 amide bonds. The summed E-state index contributed by atoms with van der Waals surface area (Å²) in [6.07, 6.45) is 0. The van der Waals surface area contributed by atoms with Crippen LogP contribution in [0, 0.1) is 0 Å². The van der Waals surface area contributed by atoms with Crippen LogP contribution in [0.2, 0.25) is 5.02 Å². The molecule has 0 spiro atoms. The molecule has 1 N–H and O–H groups in total. The van der Waals surface area contributed by atoms with Gasteiger partial charge in [-0.05, 0) is 30.3 Å². The van der Waals surface area contributed by atoms with E-state index < -0.39 is 0 Å². The van der Waals surface area contributed by atoms with E-state index >= 15 is 0 Å². The highest BCUT2D eigenvalue weighted by atomic mass is 35.5. The van der Waals surface area contributed by atoms with Crippen LogP contribution in [0.1, 0.15) is 23.4 Å². The number of rotatable bonds is 5. The number of halogens is 1. The Labute approximate surface area is 117 Å². The van der Waals surface area contributed by atoms with Gasteiger partial charge in [0.2, 0.25) is 0 Å². The van der Waals surface area contributed by atoms with Crippen molar-refractivity contribution in [3.8, 4) is 5.75 Å². The van der Waals surface area contributed by atoms with Crippen LogP contribution in [-0.4, -0.2) is 13.7 Å². The van der Waals surface area contributed by atoms with E-state index in [1.54, 1.807) is 18.4 Å². The minimum Gasteiger partial charge on any atom is -0.496 e. The summed E-state index contributed by atoms with van der Waals surface area (Å²) >= 11 is 7.75. The largest absolute Gasteiger partial charge is 0.496 e. The Morgan fingerprint density at radius 2 is 2.22 bits per heavy atom. The second-order valence-corrected chi connectivity index (χ2v) is 5.31. The van der Waals surface area contributed by atoms with E-state index in [4.69, 9.17) is 16.3 Å². The molecule has 0 saturated heterocycles. The summed E-state index contributed by atoms with van der Waals surface area (Å²) in [4.78, 5) is 1.23. The van der Waals surface area contributed by atoms with Crippen LogP contribution >= 0.6 is 22.9 Å². The Hall–Kier alpha value is -1.03. The van der Waals surface area contributed by atoms with Crippen LogP contribution in [-0.2, 0) is 0 Å². The molecule has 0 fully saturated rings. The second kappa shape index (κ2) is 6.23. The van der Waals surface area contributed by atoms with Crippen molar-refractivity contribution >= 4 is 22.9 Å². The zero-order valence-electron chi connectivity index (χ0n) is 10.4. The number of nitrogens with one attached hydrogen (secondary N) is 1. The number of ether oxygens (including phenoxy) is 1. The first-order valence-corrected chi connectivity index (χ1v) is 7.11. The number of thiophene rings is 1. The average molecular weight is 282 g/mol. The van der Waals surface area contributed by atoms with Crippen LogP contribution in [0.25, 0.3) is 0 Å². The fraction of sp³-hybridized carbons (Fsp3) is 0.286. The smallest absolute Gasteiger partial charge is 0.129 e. The maximum atomic E-state index is 6.06. The highest BCUT2D eigenvalue weighted by Crippen LogP contribution is 2.31. The molecule has 2 aromatic rings. The molecule has 4 heteroatoms. The Morgan fingerprint density at radius 1 is 1.39 bits per heavy atom. The van der Waals surface area contributed by atoms with E-state index in [0.29, 0.717) is 0 Å². The highest BCUT2D eigenvalue weighted by Gasteiger charge is 2.15. The van der Waals surface area contributed by atoms with Gasteiger partial charge in [-0.2, -0.15) is 0 Å². The summed E-state index contributed by atoms with van der Waals surface area (Å²) in [6, 6.07) is 10.2. The van der Waals surface area contributed by atoms with Gasteiger partial charge in [0.25, 0.3) is 0 Å². The molecule has 1 unspecified atom stereocenters. The van der Waals surface area contributed by atoms with Crippen LogP contribution in [0.3, 0.4) is 0 Å². The standard InChI is InChI=1S/C14H16ClNOS/c1-3-16-14(10-5-4-6-11(15)7-10)13-8-12(17-2)9-18-13/h4-9,14,16H,3H2,1-2H3. The third-order valence-electron chi connectivity index (χ3n) is 2.71. The first-order chi connectivity index (χ1) is 8.74. The lowest BCUT2D eigenvalue weighted by molar-refractivity contribution is 0.416. The number of methoxy groups -OCH3 is 1. The van der Waals surface area contributed by atoms with Gasteiger partial charge in [0.1, 0.15) is 5.75 Å². The molecule has 0 radical (unpaired) electrons. The zero-order chi connectivity index (χ0) is 13.0. The molecule has 0 aliphatic rings. The average Bonchev–Trinajstić information content (AvgIpc) is 2.84. The minimum atomic E-state index is 0.169. The number of benzene rings is 1. The quantitative estimate of drug-likeness (QED) is 0.890. The molecule has 2 rings (SSSR count). The van der Waals surface area contributed by atoms with E-state index in [-0.39, 0.29) is 6.04 Å². The summed E-state index contributed by atoms with van der Waals surface area (Å²) in [7, 11) is 1.69. The molecule has 96 valence electrons. The van der Waals surface area contributed by atoms with Gasteiger partial charge in [-0.3, -0.25) is 0 Å². The zero-order valence-corrected chi connectivity index (χ0v) is 12.0. The van der Waals surface area contributed by atoms with E-state index in [1.165, 1.54) is 10.4 Å². The summed E-state index contributed by atoms with van der Waals surface area (Å²) in [5.74, 6) is 0.903. The summed E-state index contributed by atoms with van der Waals surface area (Å²) in [5, 5.41) is 6.26. The van der Waals surface area contributed by atoms with Gasteiger partial charge in [-0.15, -0.1) is 11.3 Å². The monoisotopic (exact) mass is 281 g/mol. The van der Waals surface area contributed by atoms with Gasteiger partial charge >= 0.3 is 0 Å². The van der Waals surface area contributed by atoms with Crippen LogP contribution in [0.5, 0.6) is 5.75 Å². The van der Waals surface area contributed by atoms with Gasteiger partial charge in [0, 0.05) is 15.3 Å². The summed E-state index contributed by atoms with van der Waals surface area (Å²) in [6.45, 7) is 3.00. The fourth-order valence-corrected chi connectivity index (χ4v) is 3.02. The predicted molar refractivity (Wildman–Crippen MR) is 77.8 cm³/mol. The molecular weight excluding hydrogens is 266 g/mol. The molecule has 1 aromatic heterocycles. The van der Waals surface area contributed by atoms with E-state index in [2.05, 4.69) is 24.4 Å². The molecule has 1 heterocycles. The molecule has 0 saturated carbocycles. The molecule has 0 bridgehead atoms. The highest BCUT2D eigenvalue weighted by molar-refractivity contribution is 7.10. The van der Waals surface area contributed by atoms with Gasteiger partial charge in [0.15, 0.2) is 0 Å². The van der Waals surface area contributed by atoms with Gasteiger partial charge < -0.3 is 10.1 Å². The van der Waals surface area contributed by atoms with Crippen molar-refractivity contribution in [3.05, 3.63) is 51.2 Å². The van der Waals surface area contributed by atoms with E-state index in [1.807, 2.05) is 23.6 Å². The Kier molecular flexibility index (Phi) is 4.64. The molecule has 2 nitrogen and oxygen atoms in total. The van der Waals surface area contributed by atoms with Crippen molar-refractivity contribution in [1.29, 1.82) is 0 Å². The SMILES string of the molecule is CCNC(c1cccc(Cl)c1)c1cc(OC)cs1. The van der Waals surface area contributed by atoms with Crippen molar-refractivity contribution in [1.82, 2.24) is 5.32 Å². The van der Waals surface area contributed by atoms with E-state index in [0.717, 1.165) is 17.3 Å². The van der Waals surface area contributed by atoms with Crippen molar-refractivity contribution in [2.24, 2.45) is 0 Å². The maximum absolute atomic E-state index is 6.06. The number of hydrogen-bond donors (Lipinski definition) is 1. The lowest BCUT2D eigenvalue weighted by Crippen LogP contribution is -2.20. The molecule has 0 aliphatic heterocycles. The molecule has 0 aliphatic carbocycles. The second-order valence-electron chi connectivity index (χ2n) is 3.93. The Morgan fingerprint density at radius 3 is 2.83 bits per heavy atom. The van der Waals surface area contributed by atoms with Gasteiger partial charge in [-0.1, -0.05) is 30.7 Å². The van der Waals surface area contributed by atoms with Crippen LogP contribution in [0.15, 0.2) is 35.7 Å². The molecular formula is C14H16ClNOS. The summed E-state index contributed by atoms with van der Waals surface area (Å²) in [5.41, 5.74) is 1.17. The molecule has 18 heavy (non-hydrogen) atoms. The maximum Gasteiger partial charge on any atom is 0.129 e. The van der Waals surface area contributed by atoms with Gasteiger partial charge in [0.05, 0.1) is 13.2 Å².